The molecule has 1 N–H and O–H groups in total. The highest BCUT2D eigenvalue weighted by Gasteiger charge is 2.23. The third-order valence-corrected chi connectivity index (χ3v) is 4.18. The number of nitriles is 1. The maximum Gasteiger partial charge on any atom is 0.104 e. The summed E-state index contributed by atoms with van der Waals surface area (Å²) >= 11 is 1.90. The lowest BCUT2D eigenvalue weighted by atomic mass is 10.0. The van der Waals surface area contributed by atoms with E-state index in [1.54, 1.807) is 0 Å². The minimum Gasteiger partial charge on any atom is -0.297 e. The lowest BCUT2D eigenvalue weighted by Crippen LogP contribution is -2.45. The molecule has 0 fully saturated rings. The summed E-state index contributed by atoms with van der Waals surface area (Å²) in [7, 11) is 0. The average Bonchev–Trinajstić information content (AvgIpc) is 2.33. The molecule has 1 atom stereocenters. The highest BCUT2D eigenvalue weighted by Crippen LogP contribution is 2.19. The third-order valence-electron chi connectivity index (χ3n) is 3.15. The molecule has 0 aliphatic rings. The predicted molar refractivity (Wildman–Crippen MR) is 89.0 cm³/mol. The van der Waals surface area contributed by atoms with E-state index in [4.69, 9.17) is 0 Å². The molecular weight excluding hydrogens is 264 g/mol. The summed E-state index contributed by atoms with van der Waals surface area (Å²) in [6, 6.07) is 9.43. The van der Waals surface area contributed by atoms with Crippen LogP contribution < -0.4 is 5.32 Å². The van der Waals surface area contributed by atoms with Crippen molar-refractivity contribution < 1.29 is 0 Å². The molecule has 0 saturated carbocycles. The van der Waals surface area contributed by atoms with Crippen molar-refractivity contribution in [2.24, 2.45) is 0 Å². The molecule has 0 amide bonds. The predicted octanol–water partition coefficient (Wildman–Crippen LogP) is 4.21. The van der Waals surface area contributed by atoms with Crippen LogP contribution >= 0.6 is 11.8 Å². The van der Waals surface area contributed by atoms with E-state index in [9.17, 15) is 5.26 Å². The van der Waals surface area contributed by atoms with Crippen LogP contribution in [0.4, 0.5) is 0 Å². The Kier molecular flexibility index (Phi) is 6.58. The van der Waals surface area contributed by atoms with E-state index >= 15 is 0 Å². The molecule has 0 heterocycles. The number of benzene rings is 1. The molecule has 20 heavy (non-hydrogen) atoms. The summed E-state index contributed by atoms with van der Waals surface area (Å²) in [5.41, 5.74) is 3.61. The van der Waals surface area contributed by atoms with E-state index in [-0.39, 0.29) is 0 Å². The van der Waals surface area contributed by atoms with Gasteiger partial charge < -0.3 is 0 Å². The second-order valence-corrected chi connectivity index (χ2v) is 7.15. The van der Waals surface area contributed by atoms with Crippen molar-refractivity contribution in [3.63, 3.8) is 0 Å². The average molecular weight is 290 g/mol. The molecule has 1 rings (SSSR count). The highest BCUT2D eigenvalue weighted by molar-refractivity contribution is 7.98. The Morgan fingerprint density at radius 1 is 1.25 bits per heavy atom. The summed E-state index contributed by atoms with van der Waals surface area (Å²) in [6.07, 6.45) is 0.872. The van der Waals surface area contributed by atoms with Crippen LogP contribution in [0.3, 0.4) is 0 Å². The molecule has 0 radical (unpaired) electrons. The zero-order chi connectivity index (χ0) is 15.2. The lowest BCUT2D eigenvalue weighted by molar-refractivity contribution is 0.397. The van der Waals surface area contributed by atoms with Crippen molar-refractivity contribution in [1.82, 2.24) is 5.32 Å². The third kappa shape index (κ3) is 5.98. The van der Waals surface area contributed by atoms with Gasteiger partial charge in [-0.15, -0.1) is 0 Å². The van der Waals surface area contributed by atoms with Crippen LogP contribution in [0.2, 0.25) is 0 Å². The summed E-state index contributed by atoms with van der Waals surface area (Å²) in [5, 5.41) is 12.6. The summed E-state index contributed by atoms with van der Waals surface area (Å²) < 4.78 is 0. The van der Waals surface area contributed by atoms with Crippen molar-refractivity contribution in [2.45, 2.75) is 58.4 Å². The molecular formula is C17H26N2S. The Hall–Kier alpha value is -0.980. The number of rotatable bonds is 7. The fourth-order valence-electron chi connectivity index (χ4n) is 2.42. The number of nitrogens with zero attached hydrogens (tertiary/aromatic N) is 1. The molecule has 0 saturated heterocycles. The number of hydrogen-bond acceptors (Lipinski definition) is 3. The van der Waals surface area contributed by atoms with E-state index < -0.39 is 5.54 Å². The molecule has 0 bridgehead atoms. The normalized spacial score (nSPS) is 14.1. The van der Waals surface area contributed by atoms with Gasteiger partial charge in [-0.1, -0.05) is 29.3 Å². The zero-order valence-corrected chi connectivity index (χ0v) is 14.1. The fourth-order valence-corrected chi connectivity index (χ4v) is 3.52. The van der Waals surface area contributed by atoms with Crippen LogP contribution in [0, 0.1) is 25.2 Å². The SMILES string of the molecule is Cc1cc(C)cc(CSCCC(C)(C#N)NC(C)C)c1. The van der Waals surface area contributed by atoms with E-state index in [1.165, 1.54) is 16.7 Å². The first-order valence-electron chi connectivity index (χ1n) is 7.18. The van der Waals surface area contributed by atoms with Gasteiger partial charge in [-0.2, -0.15) is 17.0 Å². The second-order valence-electron chi connectivity index (χ2n) is 6.04. The molecule has 3 heteroatoms. The van der Waals surface area contributed by atoms with Crippen LogP contribution in [-0.2, 0) is 5.75 Å². The van der Waals surface area contributed by atoms with Gasteiger partial charge in [0.15, 0.2) is 0 Å². The minimum absolute atomic E-state index is 0.337. The largest absolute Gasteiger partial charge is 0.297 e. The standard InChI is InChI=1S/C17H26N2S/c1-13(2)19-17(5,12-18)6-7-20-11-16-9-14(3)8-15(4)10-16/h8-10,13,19H,6-7,11H2,1-5H3. The molecule has 110 valence electrons. The van der Waals surface area contributed by atoms with Gasteiger partial charge in [0.05, 0.1) is 6.07 Å². The molecule has 0 aliphatic heterocycles. The summed E-state index contributed by atoms with van der Waals surface area (Å²) in [4.78, 5) is 0. The second kappa shape index (κ2) is 7.71. The maximum atomic E-state index is 9.30. The molecule has 0 spiro atoms. The van der Waals surface area contributed by atoms with Gasteiger partial charge in [0.25, 0.3) is 0 Å². The summed E-state index contributed by atoms with van der Waals surface area (Å²) in [5.74, 6) is 2.02. The van der Waals surface area contributed by atoms with Crippen LogP contribution in [-0.4, -0.2) is 17.3 Å². The Morgan fingerprint density at radius 2 is 1.85 bits per heavy atom. The first-order valence-corrected chi connectivity index (χ1v) is 8.34. The van der Waals surface area contributed by atoms with Crippen LogP contribution in [0.1, 0.15) is 43.9 Å². The molecule has 0 aliphatic carbocycles. The van der Waals surface area contributed by atoms with Crippen LogP contribution in [0.5, 0.6) is 0 Å². The van der Waals surface area contributed by atoms with Crippen molar-refractivity contribution in [3.8, 4) is 6.07 Å². The van der Waals surface area contributed by atoms with Crippen molar-refractivity contribution >= 4 is 11.8 Å². The summed E-state index contributed by atoms with van der Waals surface area (Å²) in [6.45, 7) is 10.4. The van der Waals surface area contributed by atoms with Gasteiger partial charge in [0.1, 0.15) is 5.54 Å². The number of aryl methyl sites for hydroxylation is 2. The van der Waals surface area contributed by atoms with Crippen molar-refractivity contribution in [3.05, 3.63) is 34.9 Å². The molecule has 1 aromatic rings. The van der Waals surface area contributed by atoms with Gasteiger partial charge in [-0.3, -0.25) is 5.32 Å². The maximum absolute atomic E-state index is 9.30. The van der Waals surface area contributed by atoms with E-state index in [0.29, 0.717) is 6.04 Å². The smallest absolute Gasteiger partial charge is 0.104 e. The Morgan fingerprint density at radius 3 is 2.35 bits per heavy atom. The molecule has 1 unspecified atom stereocenters. The van der Waals surface area contributed by atoms with E-state index in [1.807, 2.05) is 18.7 Å². The molecule has 2 nitrogen and oxygen atoms in total. The highest BCUT2D eigenvalue weighted by atomic mass is 32.2. The Bertz CT molecular complexity index is 456. The zero-order valence-electron chi connectivity index (χ0n) is 13.3. The monoisotopic (exact) mass is 290 g/mol. The van der Waals surface area contributed by atoms with Gasteiger partial charge in [-0.25, -0.2) is 0 Å². The number of thioether (sulfide) groups is 1. The van der Waals surface area contributed by atoms with Crippen LogP contribution in [0.15, 0.2) is 18.2 Å². The topological polar surface area (TPSA) is 35.8 Å². The van der Waals surface area contributed by atoms with Gasteiger partial charge in [-0.05, 0) is 52.4 Å². The molecule has 0 aromatic heterocycles. The lowest BCUT2D eigenvalue weighted by Gasteiger charge is -2.25. The minimum atomic E-state index is -0.413. The Labute approximate surface area is 128 Å². The van der Waals surface area contributed by atoms with Crippen molar-refractivity contribution in [1.29, 1.82) is 5.26 Å². The Balaban J connectivity index is 2.43. The van der Waals surface area contributed by atoms with Crippen molar-refractivity contribution in [2.75, 3.05) is 5.75 Å². The number of hydrogen-bond donors (Lipinski definition) is 1. The van der Waals surface area contributed by atoms with Gasteiger partial charge >= 0.3 is 0 Å². The molecule has 1 aromatic carbocycles. The first-order chi connectivity index (χ1) is 9.34. The van der Waals surface area contributed by atoms with Gasteiger partial charge in [0.2, 0.25) is 0 Å². The number of nitrogens with one attached hydrogen (secondary N) is 1. The fraction of sp³-hybridized carbons (Fsp3) is 0.588. The van der Waals surface area contributed by atoms with Crippen LogP contribution in [0.25, 0.3) is 0 Å². The van der Waals surface area contributed by atoms with E-state index in [2.05, 4.69) is 57.3 Å². The van der Waals surface area contributed by atoms with E-state index in [0.717, 1.165) is 17.9 Å². The quantitative estimate of drug-likeness (QED) is 0.764. The van der Waals surface area contributed by atoms with Gasteiger partial charge in [0, 0.05) is 11.8 Å². The first kappa shape index (κ1) is 17.1.